The molecule has 0 radical (unpaired) electrons. The van der Waals surface area contributed by atoms with Crippen LogP contribution in [0.3, 0.4) is 0 Å². The predicted octanol–water partition coefficient (Wildman–Crippen LogP) is 6.10. The van der Waals surface area contributed by atoms with E-state index >= 15 is 0 Å². The number of aryl methyl sites for hydroxylation is 1. The van der Waals surface area contributed by atoms with Gasteiger partial charge < -0.3 is 25.4 Å². The van der Waals surface area contributed by atoms with Gasteiger partial charge in [-0.3, -0.25) is 0 Å². The molecule has 2 aromatic carbocycles. The molecule has 3 rings (SSSR count). The first-order chi connectivity index (χ1) is 20.4. The lowest BCUT2D eigenvalue weighted by molar-refractivity contribution is -0.131. The Kier molecular flexibility index (Phi) is 17.2. The number of unbranched alkanes of at least 4 members (excludes halogenated alkanes) is 4. The van der Waals surface area contributed by atoms with Crippen LogP contribution in [-0.2, 0) is 16.0 Å². The van der Waals surface area contributed by atoms with Gasteiger partial charge in [0.25, 0.3) is 0 Å². The second-order valence-corrected chi connectivity index (χ2v) is 10.5. The number of aliphatic hydroxyl groups excluding tert-OH is 2. The fourth-order valence-electron chi connectivity index (χ4n) is 4.56. The highest BCUT2D eigenvalue weighted by Crippen LogP contribution is 2.30. The van der Waals surface area contributed by atoms with Crippen LogP contribution in [-0.4, -0.2) is 60.8 Å². The first kappa shape index (κ1) is 35.0. The summed E-state index contributed by atoms with van der Waals surface area (Å²) in [5.74, 6) is -3.08. The Hall–Kier alpha value is -3.17. The van der Waals surface area contributed by atoms with Gasteiger partial charge in [-0.15, -0.1) is 0 Å². The minimum atomic E-state index is -1.13. The molecule has 2 aromatic rings. The molecule has 0 amide bonds. The molecular formula is C34H45F2NO5. The summed E-state index contributed by atoms with van der Waals surface area (Å²) in [6, 6.07) is 13.8. The molecule has 0 fully saturated rings. The number of allylic oxidation sites excluding steroid dienone is 2. The van der Waals surface area contributed by atoms with E-state index in [-0.39, 0.29) is 18.6 Å². The van der Waals surface area contributed by atoms with E-state index in [0.717, 1.165) is 82.2 Å². The lowest BCUT2D eigenvalue weighted by atomic mass is 9.79. The van der Waals surface area contributed by atoms with E-state index in [4.69, 9.17) is 9.84 Å². The van der Waals surface area contributed by atoms with Crippen molar-refractivity contribution in [2.45, 2.75) is 51.4 Å². The number of halogens is 2. The molecular weight excluding hydrogens is 540 g/mol. The fourth-order valence-corrected chi connectivity index (χ4v) is 4.56. The van der Waals surface area contributed by atoms with E-state index in [2.05, 4.69) is 41.7 Å². The van der Waals surface area contributed by atoms with Gasteiger partial charge in [0, 0.05) is 31.2 Å². The molecule has 6 nitrogen and oxygen atoms in total. The molecule has 1 aliphatic rings. The molecule has 1 aliphatic carbocycles. The smallest absolute Gasteiger partial charge is 0.328 e. The van der Waals surface area contributed by atoms with Crippen molar-refractivity contribution in [1.29, 1.82) is 0 Å². The Labute approximate surface area is 248 Å². The average Bonchev–Trinajstić information content (AvgIpc) is 3.01. The summed E-state index contributed by atoms with van der Waals surface area (Å²) in [5, 5.41) is 30.8. The van der Waals surface area contributed by atoms with Crippen molar-refractivity contribution in [3.63, 3.8) is 0 Å². The van der Waals surface area contributed by atoms with Crippen LogP contribution in [0.5, 0.6) is 0 Å². The maximum Gasteiger partial charge on any atom is 0.328 e. The molecule has 8 heteroatoms. The van der Waals surface area contributed by atoms with Crippen molar-refractivity contribution >= 4 is 12.0 Å². The molecule has 0 saturated heterocycles. The zero-order valence-electron chi connectivity index (χ0n) is 24.3. The van der Waals surface area contributed by atoms with Crippen LogP contribution in [0.25, 0.3) is 6.08 Å². The van der Waals surface area contributed by atoms with Crippen molar-refractivity contribution in [2.75, 3.05) is 39.5 Å². The van der Waals surface area contributed by atoms with Gasteiger partial charge in [-0.2, -0.15) is 0 Å². The fraction of sp³-hybridized carbons (Fsp3) is 0.441. The van der Waals surface area contributed by atoms with Crippen molar-refractivity contribution in [3.8, 4) is 0 Å². The Morgan fingerprint density at radius 1 is 0.952 bits per heavy atom. The number of carbonyl (C=O) groups is 1. The highest BCUT2D eigenvalue weighted by atomic mass is 19.2. The van der Waals surface area contributed by atoms with E-state index in [1.54, 1.807) is 0 Å². The van der Waals surface area contributed by atoms with E-state index in [1.165, 1.54) is 37.0 Å². The quantitative estimate of drug-likeness (QED) is 0.125. The van der Waals surface area contributed by atoms with E-state index in [0.29, 0.717) is 5.56 Å². The van der Waals surface area contributed by atoms with Gasteiger partial charge in [-0.25, -0.2) is 13.6 Å². The third-order valence-electron chi connectivity index (χ3n) is 6.96. The standard InChI is InChI=1S/C25H39NO3.C9H6F2O2/c27-20-24-14-10-15-25(19-24,22-28)21-26-16-7-1-2-8-17-29-18-9-6-13-23-11-4-3-5-12-23;10-7-3-1-6(5-8(7)11)2-4-9(12)13/h3-5,10-12,14-15,26-28H,1-2,6-9,13,16-22H2;1-5H,(H,12,13). The summed E-state index contributed by atoms with van der Waals surface area (Å²) in [7, 11) is 0. The van der Waals surface area contributed by atoms with Crippen LogP contribution in [0.2, 0.25) is 0 Å². The third-order valence-corrected chi connectivity index (χ3v) is 6.96. The van der Waals surface area contributed by atoms with E-state index in [9.17, 15) is 23.8 Å². The monoisotopic (exact) mass is 585 g/mol. The van der Waals surface area contributed by atoms with E-state index < -0.39 is 17.6 Å². The minimum Gasteiger partial charge on any atom is -0.478 e. The summed E-state index contributed by atoms with van der Waals surface area (Å²) in [6.07, 6.45) is 16.9. The molecule has 1 atom stereocenters. The third kappa shape index (κ3) is 14.6. The molecule has 230 valence electrons. The highest BCUT2D eigenvalue weighted by Gasteiger charge is 2.28. The largest absolute Gasteiger partial charge is 0.478 e. The van der Waals surface area contributed by atoms with Crippen molar-refractivity contribution < 1.29 is 33.6 Å². The molecule has 0 saturated carbocycles. The SMILES string of the molecule is O=C(O)C=Cc1ccc(F)c(F)c1.OCC1=CC=CC(CO)(CNCCCCCCOCCCCc2ccccc2)C1. The molecule has 0 spiro atoms. The molecule has 1 unspecified atom stereocenters. The molecule has 0 aromatic heterocycles. The first-order valence-corrected chi connectivity index (χ1v) is 14.6. The number of nitrogens with one attached hydrogen (secondary N) is 1. The number of ether oxygens (including phenoxy) is 1. The number of benzene rings is 2. The number of hydrogen-bond acceptors (Lipinski definition) is 5. The maximum atomic E-state index is 12.5. The first-order valence-electron chi connectivity index (χ1n) is 14.6. The van der Waals surface area contributed by atoms with Gasteiger partial charge >= 0.3 is 5.97 Å². The average molecular weight is 586 g/mol. The van der Waals surface area contributed by atoms with Crippen LogP contribution < -0.4 is 5.32 Å². The second kappa shape index (κ2) is 20.7. The zero-order valence-corrected chi connectivity index (χ0v) is 24.3. The van der Waals surface area contributed by atoms with Gasteiger partial charge in [0.05, 0.1) is 13.2 Å². The lowest BCUT2D eigenvalue weighted by Gasteiger charge is -2.32. The minimum absolute atomic E-state index is 0.0706. The number of hydrogen-bond donors (Lipinski definition) is 4. The Morgan fingerprint density at radius 3 is 2.38 bits per heavy atom. The maximum absolute atomic E-state index is 12.5. The number of rotatable bonds is 18. The number of carboxylic acids is 1. The van der Waals surface area contributed by atoms with Crippen LogP contribution in [0, 0.1) is 17.0 Å². The zero-order chi connectivity index (χ0) is 30.5. The normalized spacial score (nSPS) is 16.2. The molecule has 4 N–H and O–H groups in total. The summed E-state index contributed by atoms with van der Waals surface area (Å²) in [6.45, 7) is 3.64. The van der Waals surface area contributed by atoms with E-state index in [1.807, 2.05) is 12.2 Å². The van der Waals surface area contributed by atoms with Crippen LogP contribution in [0.4, 0.5) is 8.78 Å². The molecule has 0 heterocycles. The van der Waals surface area contributed by atoms with Crippen LogP contribution in [0.1, 0.15) is 56.1 Å². The lowest BCUT2D eigenvalue weighted by Crippen LogP contribution is -2.37. The topological polar surface area (TPSA) is 99.0 Å². The molecule has 0 aliphatic heterocycles. The van der Waals surface area contributed by atoms with Crippen LogP contribution in [0.15, 0.2) is 78.4 Å². The van der Waals surface area contributed by atoms with Gasteiger partial charge in [-0.1, -0.05) is 67.5 Å². The van der Waals surface area contributed by atoms with Crippen LogP contribution >= 0.6 is 0 Å². The molecule has 42 heavy (non-hydrogen) atoms. The second-order valence-electron chi connectivity index (χ2n) is 10.5. The van der Waals surface area contributed by atoms with Gasteiger partial charge in [0.15, 0.2) is 11.6 Å². The van der Waals surface area contributed by atoms with Gasteiger partial charge in [0.2, 0.25) is 0 Å². The Morgan fingerprint density at radius 2 is 1.69 bits per heavy atom. The number of aliphatic hydroxyl groups is 2. The van der Waals surface area contributed by atoms with Crippen molar-refractivity contribution in [2.24, 2.45) is 5.41 Å². The van der Waals surface area contributed by atoms with Gasteiger partial charge in [-0.05, 0) is 80.0 Å². The van der Waals surface area contributed by atoms with Gasteiger partial charge in [0.1, 0.15) is 0 Å². The predicted molar refractivity (Wildman–Crippen MR) is 163 cm³/mol. The number of aliphatic carboxylic acids is 1. The summed E-state index contributed by atoms with van der Waals surface area (Å²) >= 11 is 0. The highest BCUT2D eigenvalue weighted by molar-refractivity contribution is 5.85. The summed E-state index contributed by atoms with van der Waals surface area (Å²) in [5.41, 5.74) is 2.45. The summed E-state index contributed by atoms with van der Waals surface area (Å²) < 4.78 is 30.7. The van der Waals surface area contributed by atoms with Crippen molar-refractivity contribution in [3.05, 3.63) is 101 Å². The van der Waals surface area contributed by atoms with Crippen molar-refractivity contribution in [1.82, 2.24) is 5.32 Å². The summed E-state index contributed by atoms with van der Waals surface area (Å²) in [4.78, 5) is 10.1. The Bertz CT molecular complexity index is 1140. The molecule has 0 bridgehead atoms. The number of carboxylic acid groups (broad SMARTS) is 1. The Balaban J connectivity index is 0.000000395.